The molecule has 4 N–H and O–H groups in total. The summed E-state index contributed by atoms with van der Waals surface area (Å²) in [4.78, 5) is 48.7. The van der Waals surface area contributed by atoms with Gasteiger partial charge in [0.15, 0.2) is 0 Å². The van der Waals surface area contributed by atoms with Gasteiger partial charge in [-0.3, -0.25) is 29.1 Å². The minimum Gasteiger partial charge on any atom is -0.384 e. The van der Waals surface area contributed by atoms with Gasteiger partial charge in [-0.15, -0.1) is 0 Å². The van der Waals surface area contributed by atoms with Crippen LogP contribution in [0.1, 0.15) is 31.1 Å². The molecule has 0 spiro atoms. The topological polar surface area (TPSA) is 123 Å². The smallest absolute Gasteiger partial charge is 0.262 e. The van der Waals surface area contributed by atoms with E-state index in [0.29, 0.717) is 22.0 Å². The summed E-state index contributed by atoms with van der Waals surface area (Å²) >= 11 is 5.83. The first-order valence-electron chi connectivity index (χ1n) is 8.44. The lowest BCUT2D eigenvalue weighted by Gasteiger charge is -2.13. The molecular formula is C20H13ClN4O4. The maximum Gasteiger partial charge on any atom is 0.262 e. The summed E-state index contributed by atoms with van der Waals surface area (Å²) in [6.45, 7) is 0. The number of benzene rings is 2. The Hall–Kier alpha value is -3.91. The van der Waals surface area contributed by atoms with Crippen molar-refractivity contribution in [3.63, 3.8) is 0 Å². The molecule has 1 aliphatic heterocycles. The fraction of sp³-hybridized carbons (Fsp3) is 0. The fourth-order valence-electron chi connectivity index (χ4n) is 3.07. The monoisotopic (exact) mass is 408 g/mol. The summed E-state index contributed by atoms with van der Waals surface area (Å²) in [6, 6.07) is 13.8. The summed E-state index contributed by atoms with van der Waals surface area (Å²) in [5.74, 6) is -1.84. The third-order valence-electron chi connectivity index (χ3n) is 4.42. The first-order chi connectivity index (χ1) is 13.8. The van der Waals surface area contributed by atoms with Gasteiger partial charge < -0.3 is 11.1 Å². The van der Waals surface area contributed by atoms with E-state index in [4.69, 9.17) is 17.3 Å². The van der Waals surface area contributed by atoms with Crippen LogP contribution in [0.3, 0.4) is 0 Å². The zero-order valence-corrected chi connectivity index (χ0v) is 15.5. The van der Waals surface area contributed by atoms with Gasteiger partial charge in [0.25, 0.3) is 23.3 Å². The first kappa shape index (κ1) is 18.5. The van der Waals surface area contributed by atoms with Crippen molar-refractivity contribution in [1.82, 2.24) is 9.88 Å². The second-order valence-electron chi connectivity index (χ2n) is 6.29. The Morgan fingerprint density at radius 1 is 1.00 bits per heavy atom. The molecule has 2 aromatic carbocycles. The number of aromatic nitrogens is 1. The number of carbonyl (C=O) groups excluding carboxylic acids is 3. The summed E-state index contributed by atoms with van der Waals surface area (Å²) in [5, 5.41) is 5.35. The standard InChI is InChI=1S/C20H13ClN4O4/c21-11-6-4-10(5-7-11)18(27)23-12-2-1-3-13(8-12)25-15(26)9-14-16(17(25)22)20(29)24-19(14)28/h1-9H,22H2,(H,23,27)(H,24,28,29). The number of nitrogen functional groups attached to an aromatic ring is 1. The van der Waals surface area contributed by atoms with Crippen molar-refractivity contribution in [2.24, 2.45) is 0 Å². The maximum atomic E-state index is 12.5. The number of halogens is 1. The molecule has 3 aromatic rings. The second kappa shape index (κ2) is 6.92. The molecule has 8 nitrogen and oxygen atoms in total. The van der Waals surface area contributed by atoms with Gasteiger partial charge in [-0.1, -0.05) is 17.7 Å². The lowest BCUT2D eigenvalue weighted by molar-refractivity contribution is 0.0879. The molecule has 4 rings (SSSR count). The number of anilines is 2. The quantitative estimate of drug-likeness (QED) is 0.573. The lowest BCUT2D eigenvalue weighted by atomic mass is 10.1. The van der Waals surface area contributed by atoms with Gasteiger partial charge >= 0.3 is 0 Å². The number of nitrogens with two attached hydrogens (primary N) is 1. The molecule has 0 radical (unpaired) electrons. The number of pyridine rings is 1. The SMILES string of the molecule is Nc1c2c(cc(=O)n1-c1cccc(NC(=O)c3ccc(Cl)cc3)c1)C(=O)NC2=O. The van der Waals surface area contributed by atoms with Gasteiger partial charge in [0.05, 0.1) is 16.8 Å². The molecule has 1 aromatic heterocycles. The van der Waals surface area contributed by atoms with Crippen molar-refractivity contribution < 1.29 is 14.4 Å². The highest BCUT2D eigenvalue weighted by molar-refractivity contribution is 6.30. The van der Waals surface area contributed by atoms with Gasteiger partial charge in [0.2, 0.25) is 0 Å². The van der Waals surface area contributed by atoms with E-state index < -0.39 is 17.4 Å². The van der Waals surface area contributed by atoms with Gasteiger partial charge in [-0.05, 0) is 42.5 Å². The van der Waals surface area contributed by atoms with Crippen molar-refractivity contribution in [3.8, 4) is 5.69 Å². The average molecular weight is 409 g/mol. The van der Waals surface area contributed by atoms with Crippen molar-refractivity contribution >= 4 is 40.8 Å². The number of nitrogens with zero attached hydrogens (tertiary/aromatic N) is 1. The highest BCUT2D eigenvalue weighted by Crippen LogP contribution is 2.24. The van der Waals surface area contributed by atoms with E-state index in [-0.39, 0.29) is 22.9 Å². The predicted molar refractivity (Wildman–Crippen MR) is 108 cm³/mol. The number of rotatable bonds is 3. The second-order valence-corrected chi connectivity index (χ2v) is 6.72. The van der Waals surface area contributed by atoms with E-state index in [9.17, 15) is 19.2 Å². The molecule has 0 saturated carbocycles. The lowest BCUT2D eigenvalue weighted by Crippen LogP contribution is -2.24. The summed E-state index contributed by atoms with van der Waals surface area (Å²) in [5.41, 5.74) is 6.49. The fourth-order valence-corrected chi connectivity index (χ4v) is 3.20. The van der Waals surface area contributed by atoms with Crippen LogP contribution in [-0.4, -0.2) is 22.3 Å². The van der Waals surface area contributed by atoms with Crippen molar-refractivity contribution in [1.29, 1.82) is 0 Å². The van der Waals surface area contributed by atoms with Gasteiger partial charge in [-0.2, -0.15) is 0 Å². The maximum absolute atomic E-state index is 12.5. The van der Waals surface area contributed by atoms with Gasteiger partial charge in [0.1, 0.15) is 5.82 Å². The number of amides is 3. The number of nitrogens with one attached hydrogen (secondary N) is 2. The van der Waals surface area contributed by atoms with E-state index in [1.807, 2.05) is 0 Å². The Labute approximate surface area is 168 Å². The van der Waals surface area contributed by atoms with Crippen LogP contribution in [0, 0.1) is 0 Å². The van der Waals surface area contributed by atoms with Gasteiger partial charge in [-0.25, -0.2) is 0 Å². The molecule has 1 aliphatic rings. The number of hydrogen-bond donors (Lipinski definition) is 3. The van der Waals surface area contributed by atoms with E-state index in [2.05, 4.69) is 10.6 Å². The van der Waals surface area contributed by atoms with E-state index in [1.54, 1.807) is 42.5 Å². The molecule has 0 aliphatic carbocycles. The molecule has 29 heavy (non-hydrogen) atoms. The average Bonchev–Trinajstić information content (AvgIpc) is 2.96. The zero-order valence-electron chi connectivity index (χ0n) is 14.7. The molecule has 0 unspecified atom stereocenters. The van der Waals surface area contributed by atoms with E-state index >= 15 is 0 Å². The Bertz CT molecular complexity index is 1250. The minimum absolute atomic E-state index is 0.0507. The highest BCUT2D eigenvalue weighted by atomic mass is 35.5. The third-order valence-corrected chi connectivity index (χ3v) is 4.67. The Kier molecular flexibility index (Phi) is 4.40. The van der Waals surface area contributed by atoms with Crippen LogP contribution in [0.5, 0.6) is 0 Å². The number of hydrogen-bond acceptors (Lipinski definition) is 5. The minimum atomic E-state index is -0.663. The third kappa shape index (κ3) is 3.26. The molecule has 0 saturated heterocycles. The van der Waals surface area contributed by atoms with Crippen LogP contribution >= 0.6 is 11.6 Å². The molecule has 0 atom stereocenters. The van der Waals surface area contributed by atoms with Crippen LogP contribution in [0.25, 0.3) is 5.69 Å². The van der Waals surface area contributed by atoms with Crippen molar-refractivity contribution in [2.45, 2.75) is 0 Å². The highest BCUT2D eigenvalue weighted by Gasteiger charge is 2.31. The number of carbonyl (C=O) groups is 3. The first-order valence-corrected chi connectivity index (χ1v) is 8.81. The zero-order chi connectivity index (χ0) is 20.7. The predicted octanol–water partition coefficient (Wildman–Crippen LogP) is 2.21. The Morgan fingerprint density at radius 3 is 2.45 bits per heavy atom. The molecular weight excluding hydrogens is 396 g/mol. The van der Waals surface area contributed by atoms with Gasteiger partial charge in [0, 0.05) is 22.3 Å². The molecule has 0 bridgehead atoms. The van der Waals surface area contributed by atoms with Crippen LogP contribution in [0.2, 0.25) is 5.02 Å². The largest absolute Gasteiger partial charge is 0.384 e. The van der Waals surface area contributed by atoms with E-state index in [0.717, 1.165) is 10.6 Å². The van der Waals surface area contributed by atoms with Crippen LogP contribution in [0.15, 0.2) is 59.4 Å². The van der Waals surface area contributed by atoms with Crippen LogP contribution in [0.4, 0.5) is 11.5 Å². The van der Waals surface area contributed by atoms with Crippen molar-refractivity contribution in [3.05, 3.63) is 86.7 Å². The molecule has 144 valence electrons. The van der Waals surface area contributed by atoms with E-state index in [1.165, 1.54) is 6.07 Å². The summed E-state index contributed by atoms with van der Waals surface area (Å²) in [6.07, 6.45) is 0. The summed E-state index contributed by atoms with van der Waals surface area (Å²) < 4.78 is 1.11. The van der Waals surface area contributed by atoms with Crippen LogP contribution < -0.4 is 21.9 Å². The number of fused-ring (bicyclic) bond motifs is 1. The Balaban J connectivity index is 1.71. The normalized spacial score (nSPS) is 12.4. The Morgan fingerprint density at radius 2 is 1.72 bits per heavy atom. The molecule has 0 fully saturated rings. The molecule has 9 heteroatoms. The molecule has 2 heterocycles. The number of imide groups is 1. The molecule has 3 amide bonds. The summed E-state index contributed by atoms with van der Waals surface area (Å²) in [7, 11) is 0. The van der Waals surface area contributed by atoms with Crippen molar-refractivity contribution in [2.75, 3.05) is 11.1 Å². The van der Waals surface area contributed by atoms with Crippen LogP contribution in [-0.2, 0) is 0 Å².